The molecule has 114 valence electrons. The summed E-state index contributed by atoms with van der Waals surface area (Å²) in [6, 6.07) is 5.86. The first-order valence-electron chi connectivity index (χ1n) is 7.00. The molecule has 5 nitrogen and oxygen atoms in total. The van der Waals surface area contributed by atoms with Gasteiger partial charge in [0.1, 0.15) is 5.75 Å². The Morgan fingerprint density at radius 2 is 2.38 bits per heavy atom. The molecule has 1 atom stereocenters. The second-order valence-corrected chi connectivity index (χ2v) is 5.16. The third kappa shape index (κ3) is 4.58. The van der Waals surface area contributed by atoms with Crippen molar-refractivity contribution in [1.29, 1.82) is 0 Å². The minimum absolute atomic E-state index is 0.253. The van der Waals surface area contributed by atoms with Crippen LogP contribution in [0.4, 0.5) is 0 Å². The van der Waals surface area contributed by atoms with Crippen molar-refractivity contribution in [2.45, 2.75) is 19.6 Å². The Balaban J connectivity index is 2.13. The zero-order chi connectivity index (χ0) is 15.2. The van der Waals surface area contributed by atoms with Gasteiger partial charge in [-0.25, -0.2) is 4.79 Å². The summed E-state index contributed by atoms with van der Waals surface area (Å²) in [4.78, 5) is 13.0. The van der Waals surface area contributed by atoms with Gasteiger partial charge >= 0.3 is 5.97 Å². The van der Waals surface area contributed by atoms with Gasteiger partial charge in [-0.1, -0.05) is 6.07 Å². The average Bonchev–Trinajstić information content (AvgIpc) is 2.45. The van der Waals surface area contributed by atoms with Crippen molar-refractivity contribution < 1.29 is 19.4 Å². The van der Waals surface area contributed by atoms with Crippen LogP contribution in [0.25, 0.3) is 6.08 Å². The summed E-state index contributed by atoms with van der Waals surface area (Å²) in [7, 11) is 1.58. The number of nitrogens with zero attached hydrogens (tertiary/aromatic N) is 1. The van der Waals surface area contributed by atoms with Gasteiger partial charge in [-0.3, -0.25) is 4.90 Å². The molecule has 1 fully saturated rings. The van der Waals surface area contributed by atoms with Crippen LogP contribution in [-0.2, 0) is 16.1 Å². The van der Waals surface area contributed by atoms with Gasteiger partial charge in [0, 0.05) is 31.3 Å². The van der Waals surface area contributed by atoms with E-state index in [1.807, 2.05) is 18.2 Å². The summed E-state index contributed by atoms with van der Waals surface area (Å²) in [6.07, 6.45) is 2.94. The highest BCUT2D eigenvalue weighted by molar-refractivity contribution is 5.85. The van der Waals surface area contributed by atoms with Crippen molar-refractivity contribution in [1.82, 2.24) is 4.90 Å². The average molecular weight is 291 g/mol. The molecule has 0 spiro atoms. The number of aliphatic carboxylic acids is 1. The molecule has 1 unspecified atom stereocenters. The fraction of sp³-hybridized carbons (Fsp3) is 0.438. The maximum atomic E-state index is 10.7. The number of carboxylic acid groups (broad SMARTS) is 1. The van der Waals surface area contributed by atoms with Crippen molar-refractivity contribution in [2.24, 2.45) is 0 Å². The van der Waals surface area contributed by atoms with Gasteiger partial charge in [0.25, 0.3) is 0 Å². The first-order chi connectivity index (χ1) is 10.1. The standard InChI is InChI=1S/C16H21NO4/c1-12-10-17(7-8-21-12)11-13-3-5-15(20-2)14(9-13)4-6-16(18)19/h3-6,9,12H,7-8,10-11H2,1-2H3,(H,18,19). The van der Waals surface area contributed by atoms with E-state index in [9.17, 15) is 4.79 Å². The number of hydrogen-bond acceptors (Lipinski definition) is 4. The van der Waals surface area contributed by atoms with Gasteiger partial charge in [0.15, 0.2) is 0 Å². The van der Waals surface area contributed by atoms with Crippen LogP contribution in [0.2, 0.25) is 0 Å². The van der Waals surface area contributed by atoms with Gasteiger partial charge in [-0.05, 0) is 30.7 Å². The van der Waals surface area contributed by atoms with Gasteiger partial charge in [0.05, 0.1) is 19.8 Å². The van der Waals surface area contributed by atoms with E-state index in [1.165, 1.54) is 0 Å². The van der Waals surface area contributed by atoms with E-state index in [1.54, 1.807) is 13.2 Å². The molecule has 1 heterocycles. The van der Waals surface area contributed by atoms with E-state index in [-0.39, 0.29) is 6.10 Å². The monoisotopic (exact) mass is 291 g/mol. The van der Waals surface area contributed by atoms with Crippen LogP contribution >= 0.6 is 0 Å². The predicted molar refractivity (Wildman–Crippen MR) is 80.4 cm³/mol. The molecule has 1 saturated heterocycles. The van der Waals surface area contributed by atoms with Crippen molar-refractivity contribution in [3.05, 3.63) is 35.4 Å². The highest BCUT2D eigenvalue weighted by atomic mass is 16.5. The van der Waals surface area contributed by atoms with Crippen LogP contribution in [0, 0.1) is 0 Å². The Kier molecular flexibility index (Phi) is 5.36. The van der Waals surface area contributed by atoms with Crippen LogP contribution < -0.4 is 4.74 Å². The lowest BCUT2D eigenvalue weighted by Gasteiger charge is -2.31. The number of hydrogen-bond donors (Lipinski definition) is 1. The molecular weight excluding hydrogens is 270 g/mol. The molecule has 1 aromatic rings. The molecule has 0 radical (unpaired) electrons. The fourth-order valence-electron chi connectivity index (χ4n) is 2.47. The lowest BCUT2D eigenvalue weighted by molar-refractivity contribution is -0.131. The third-order valence-electron chi connectivity index (χ3n) is 3.43. The molecule has 1 aliphatic rings. The van der Waals surface area contributed by atoms with Crippen LogP contribution in [0.3, 0.4) is 0 Å². The number of morpholine rings is 1. The second-order valence-electron chi connectivity index (χ2n) is 5.16. The zero-order valence-corrected chi connectivity index (χ0v) is 12.4. The maximum absolute atomic E-state index is 10.7. The van der Waals surface area contributed by atoms with Crippen LogP contribution in [-0.4, -0.2) is 48.9 Å². The smallest absolute Gasteiger partial charge is 0.328 e. The lowest BCUT2D eigenvalue weighted by atomic mass is 10.1. The fourth-order valence-corrected chi connectivity index (χ4v) is 2.47. The van der Waals surface area contributed by atoms with E-state index < -0.39 is 5.97 Å². The molecule has 2 rings (SSSR count). The summed E-state index contributed by atoms with van der Waals surface area (Å²) in [5.74, 6) is -0.295. The van der Waals surface area contributed by atoms with Crippen molar-refractivity contribution in [3.63, 3.8) is 0 Å². The van der Waals surface area contributed by atoms with Gasteiger partial charge in [-0.2, -0.15) is 0 Å². The highest BCUT2D eigenvalue weighted by Gasteiger charge is 2.16. The quantitative estimate of drug-likeness (QED) is 0.841. The number of carbonyl (C=O) groups is 1. The number of carboxylic acids is 1. The molecule has 1 aliphatic heterocycles. The largest absolute Gasteiger partial charge is 0.496 e. The number of rotatable bonds is 5. The SMILES string of the molecule is COc1ccc(CN2CCOC(C)C2)cc1C=CC(=O)O. The molecule has 1 N–H and O–H groups in total. The van der Waals surface area contributed by atoms with E-state index >= 15 is 0 Å². The first-order valence-corrected chi connectivity index (χ1v) is 7.00. The minimum atomic E-state index is -0.968. The Hall–Kier alpha value is -1.85. The summed E-state index contributed by atoms with van der Waals surface area (Å²) in [5.41, 5.74) is 1.91. The summed E-state index contributed by atoms with van der Waals surface area (Å²) >= 11 is 0. The second kappa shape index (κ2) is 7.24. The van der Waals surface area contributed by atoms with E-state index in [4.69, 9.17) is 14.6 Å². The van der Waals surface area contributed by atoms with E-state index in [2.05, 4.69) is 11.8 Å². The summed E-state index contributed by atoms with van der Waals surface area (Å²) < 4.78 is 10.8. The van der Waals surface area contributed by atoms with Gasteiger partial charge in [0.2, 0.25) is 0 Å². The Morgan fingerprint density at radius 3 is 3.05 bits per heavy atom. The minimum Gasteiger partial charge on any atom is -0.496 e. The third-order valence-corrected chi connectivity index (χ3v) is 3.43. The van der Waals surface area contributed by atoms with Crippen LogP contribution in [0.15, 0.2) is 24.3 Å². The normalized spacial score (nSPS) is 19.8. The molecule has 21 heavy (non-hydrogen) atoms. The molecule has 0 aliphatic carbocycles. The topological polar surface area (TPSA) is 59.0 Å². The zero-order valence-electron chi connectivity index (χ0n) is 12.4. The molecule has 0 bridgehead atoms. The predicted octanol–water partition coefficient (Wildman–Crippen LogP) is 2.01. The Morgan fingerprint density at radius 1 is 1.57 bits per heavy atom. The number of benzene rings is 1. The Bertz CT molecular complexity index is 527. The van der Waals surface area contributed by atoms with Crippen molar-refractivity contribution in [3.8, 4) is 5.75 Å². The summed E-state index contributed by atoms with van der Waals surface area (Å²) in [5, 5.41) is 8.75. The molecule has 0 amide bonds. The van der Waals surface area contributed by atoms with Crippen LogP contribution in [0.1, 0.15) is 18.1 Å². The van der Waals surface area contributed by atoms with E-state index in [0.29, 0.717) is 5.75 Å². The van der Waals surface area contributed by atoms with Crippen molar-refractivity contribution in [2.75, 3.05) is 26.8 Å². The van der Waals surface area contributed by atoms with Crippen LogP contribution in [0.5, 0.6) is 5.75 Å². The van der Waals surface area contributed by atoms with E-state index in [0.717, 1.165) is 43.4 Å². The number of ether oxygens (including phenoxy) is 2. The van der Waals surface area contributed by atoms with Crippen molar-refractivity contribution >= 4 is 12.0 Å². The Labute approximate surface area is 124 Å². The molecule has 1 aromatic carbocycles. The highest BCUT2D eigenvalue weighted by Crippen LogP contribution is 2.22. The molecule has 0 aromatic heterocycles. The lowest BCUT2D eigenvalue weighted by Crippen LogP contribution is -2.40. The summed E-state index contributed by atoms with van der Waals surface area (Å²) in [6.45, 7) is 5.47. The number of methoxy groups -OCH3 is 1. The molecule has 0 saturated carbocycles. The van der Waals surface area contributed by atoms with Gasteiger partial charge in [-0.15, -0.1) is 0 Å². The first kappa shape index (κ1) is 15.5. The van der Waals surface area contributed by atoms with Gasteiger partial charge < -0.3 is 14.6 Å². The maximum Gasteiger partial charge on any atom is 0.328 e. The molecule has 5 heteroatoms. The molecular formula is C16H21NO4.